The molecule has 0 N–H and O–H groups in total. The summed E-state index contributed by atoms with van der Waals surface area (Å²) in [6.45, 7) is 1.17. The van der Waals surface area contributed by atoms with Gasteiger partial charge in [-0.25, -0.2) is 8.42 Å². The van der Waals surface area contributed by atoms with Crippen molar-refractivity contribution in [2.75, 3.05) is 6.26 Å². The van der Waals surface area contributed by atoms with Gasteiger partial charge in [-0.15, -0.1) is 0 Å². The van der Waals surface area contributed by atoms with E-state index in [2.05, 4.69) is 0 Å². The quantitative estimate of drug-likeness (QED) is 0.433. The van der Waals surface area contributed by atoms with E-state index in [0.717, 1.165) is 6.26 Å². The molecule has 0 amide bonds. The Balaban J connectivity index is 3.29. The van der Waals surface area contributed by atoms with Crippen LogP contribution in [-0.2, 0) is 14.6 Å². The van der Waals surface area contributed by atoms with E-state index in [4.69, 9.17) is 0 Å². The molecule has 0 saturated heterocycles. The van der Waals surface area contributed by atoms with Gasteiger partial charge in [0.25, 0.3) is 0 Å². The number of aromatic nitrogens is 1. The van der Waals surface area contributed by atoms with E-state index in [1.165, 1.54) is 31.5 Å². The third-order valence-corrected chi connectivity index (χ3v) is 3.05. The van der Waals surface area contributed by atoms with Gasteiger partial charge in [-0.2, -0.15) is 4.73 Å². The van der Waals surface area contributed by atoms with E-state index in [-0.39, 0.29) is 4.91 Å². The molecule has 0 aromatic carbocycles. The second-order valence-corrected chi connectivity index (χ2v) is 5.32. The minimum atomic E-state index is -3.57. The van der Waals surface area contributed by atoms with Gasteiger partial charge >= 0.3 is 0 Å². The van der Waals surface area contributed by atoms with Gasteiger partial charge in [0, 0.05) is 17.9 Å². The molecular weight excluding hydrogens is 230 g/mol. The van der Waals surface area contributed by atoms with E-state index < -0.39 is 15.6 Å². The second-order valence-electron chi connectivity index (χ2n) is 3.33. The number of allylic oxidation sites excluding steroid dienone is 1. The van der Waals surface area contributed by atoms with Gasteiger partial charge < -0.3 is 5.21 Å². The summed E-state index contributed by atoms with van der Waals surface area (Å²) in [7, 11) is -3.57. The second kappa shape index (κ2) is 4.44. The molecule has 0 fully saturated rings. The normalized spacial score (nSPS) is 12.5. The molecule has 1 aromatic heterocycles. The monoisotopic (exact) mass is 241 g/mol. The van der Waals surface area contributed by atoms with Crippen molar-refractivity contribution in [3.05, 3.63) is 40.2 Å². The molecule has 16 heavy (non-hydrogen) atoms. The molecule has 0 unspecified atom stereocenters. The summed E-state index contributed by atoms with van der Waals surface area (Å²) in [5, 5.41) is 10.9. The van der Waals surface area contributed by atoms with E-state index in [1.54, 1.807) is 6.07 Å². The van der Waals surface area contributed by atoms with E-state index in [1.807, 2.05) is 0 Å². The smallest absolute Gasteiger partial charge is 0.187 e. The Morgan fingerprint density at radius 1 is 1.50 bits per heavy atom. The molecule has 0 aliphatic rings. The summed E-state index contributed by atoms with van der Waals surface area (Å²) in [5.74, 6) is -0.552. The average molecular weight is 241 g/mol. The number of pyridine rings is 1. The van der Waals surface area contributed by atoms with Crippen LogP contribution in [0.5, 0.6) is 0 Å². The number of ketones is 1. The molecule has 1 aromatic rings. The van der Waals surface area contributed by atoms with Gasteiger partial charge in [-0.05, 0) is 19.1 Å². The maximum absolute atomic E-state index is 11.3. The molecule has 5 nitrogen and oxygen atoms in total. The molecule has 1 rings (SSSR count). The van der Waals surface area contributed by atoms with E-state index in [9.17, 15) is 18.4 Å². The van der Waals surface area contributed by atoms with Crippen molar-refractivity contribution in [2.24, 2.45) is 0 Å². The molecular formula is C10H11NO4S. The lowest BCUT2D eigenvalue weighted by molar-refractivity contribution is -0.605. The zero-order chi connectivity index (χ0) is 12.3. The molecule has 0 aliphatic carbocycles. The van der Waals surface area contributed by atoms with Gasteiger partial charge in [0.1, 0.15) is 4.91 Å². The Bertz CT molecular complexity index is 546. The molecule has 1 heterocycles. The van der Waals surface area contributed by atoms with Crippen molar-refractivity contribution in [2.45, 2.75) is 6.92 Å². The van der Waals surface area contributed by atoms with Gasteiger partial charge in [0.05, 0.1) is 0 Å². The first kappa shape index (κ1) is 12.4. The summed E-state index contributed by atoms with van der Waals surface area (Å²) in [5.41, 5.74) is 0.369. The Kier molecular flexibility index (Phi) is 3.44. The number of carbonyl (C=O) groups excluding carboxylic acids is 1. The summed E-state index contributed by atoms with van der Waals surface area (Å²) >= 11 is 0. The highest BCUT2D eigenvalue weighted by Crippen LogP contribution is 2.11. The summed E-state index contributed by atoms with van der Waals surface area (Å²) in [6.07, 6.45) is 4.60. The SMILES string of the molecule is CC(=O)/C(=C\c1ccc[n+]([O-])c1)S(C)(=O)=O. The fourth-order valence-electron chi connectivity index (χ4n) is 1.18. The van der Waals surface area contributed by atoms with Crippen LogP contribution >= 0.6 is 0 Å². The van der Waals surface area contributed by atoms with Crippen molar-refractivity contribution in [3.8, 4) is 0 Å². The number of carbonyl (C=O) groups is 1. The molecule has 0 atom stereocenters. The van der Waals surface area contributed by atoms with Crippen molar-refractivity contribution < 1.29 is 17.9 Å². The first-order valence-electron chi connectivity index (χ1n) is 4.42. The molecule has 0 aliphatic heterocycles. The predicted molar refractivity (Wildman–Crippen MR) is 58.9 cm³/mol. The van der Waals surface area contributed by atoms with E-state index >= 15 is 0 Å². The zero-order valence-corrected chi connectivity index (χ0v) is 9.69. The largest absolute Gasteiger partial charge is 0.619 e. The first-order valence-corrected chi connectivity index (χ1v) is 6.31. The molecule has 0 radical (unpaired) electrons. The highest BCUT2D eigenvalue weighted by Gasteiger charge is 2.16. The van der Waals surface area contributed by atoms with Crippen LogP contribution in [0.2, 0.25) is 0 Å². The first-order chi connectivity index (χ1) is 7.30. The van der Waals surface area contributed by atoms with Crippen molar-refractivity contribution in [3.63, 3.8) is 0 Å². The molecule has 0 saturated carbocycles. The Hall–Kier alpha value is -1.69. The third-order valence-electron chi connectivity index (χ3n) is 1.84. The standard InChI is InChI=1S/C10H11NO4S/c1-8(12)10(16(2,14)15)6-9-4-3-5-11(13)7-9/h3-7H,1-2H3/b10-6+. The maximum Gasteiger partial charge on any atom is 0.187 e. The van der Waals surface area contributed by atoms with Gasteiger partial charge in [-0.1, -0.05) is 0 Å². The van der Waals surface area contributed by atoms with Crippen LogP contribution < -0.4 is 4.73 Å². The third kappa shape index (κ3) is 3.16. The van der Waals surface area contributed by atoms with Crippen LogP contribution in [0.3, 0.4) is 0 Å². The van der Waals surface area contributed by atoms with Crippen LogP contribution in [0.4, 0.5) is 0 Å². The van der Waals surface area contributed by atoms with Gasteiger partial charge in [-0.3, -0.25) is 4.79 Å². The number of rotatable bonds is 3. The summed E-state index contributed by atoms with van der Waals surface area (Å²) < 4.78 is 23.1. The number of hydrogen-bond donors (Lipinski definition) is 0. The zero-order valence-electron chi connectivity index (χ0n) is 8.88. The van der Waals surface area contributed by atoms with Crippen LogP contribution in [0.25, 0.3) is 6.08 Å². The molecule has 0 bridgehead atoms. The van der Waals surface area contributed by atoms with Crippen molar-refractivity contribution in [1.29, 1.82) is 0 Å². The van der Waals surface area contributed by atoms with Crippen LogP contribution in [0.1, 0.15) is 12.5 Å². The minimum Gasteiger partial charge on any atom is -0.619 e. The number of sulfone groups is 1. The maximum atomic E-state index is 11.3. The van der Waals surface area contributed by atoms with Crippen molar-refractivity contribution in [1.82, 2.24) is 0 Å². The van der Waals surface area contributed by atoms with E-state index in [0.29, 0.717) is 10.3 Å². The van der Waals surface area contributed by atoms with Gasteiger partial charge in [0.2, 0.25) is 0 Å². The molecule has 6 heteroatoms. The number of Topliss-reactive ketones (excluding diaryl/α,β-unsaturated/α-hetero) is 1. The molecule has 86 valence electrons. The van der Waals surface area contributed by atoms with Crippen LogP contribution in [0.15, 0.2) is 29.4 Å². The molecule has 0 spiro atoms. The highest BCUT2D eigenvalue weighted by atomic mass is 32.2. The van der Waals surface area contributed by atoms with Gasteiger partial charge in [0.15, 0.2) is 28.0 Å². The summed E-state index contributed by atoms with van der Waals surface area (Å²) in [6, 6.07) is 3.02. The number of nitrogens with zero attached hydrogens (tertiary/aromatic N) is 1. The van der Waals surface area contributed by atoms with Crippen LogP contribution in [0, 0.1) is 5.21 Å². The Labute approximate surface area is 93.5 Å². The number of hydrogen-bond acceptors (Lipinski definition) is 4. The predicted octanol–water partition coefficient (Wildman–Crippen LogP) is 0.294. The van der Waals surface area contributed by atoms with Crippen molar-refractivity contribution >= 4 is 21.7 Å². The lowest BCUT2D eigenvalue weighted by Gasteiger charge is -2.01. The summed E-state index contributed by atoms with van der Waals surface area (Å²) in [4.78, 5) is 10.8. The Morgan fingerprint density at radius 3 is 2.56 bits per heavy atom. The fraction of sp³-hybridized carbons (Fsp3) is 0.200. The average Bonchev–Trinajstić information content (AvgIpc) is 2.12. The lowest BCUT2D eigenvalue weighted by atomic mass is 10.2. The Morgan fingerprint density at radius 2 is 2.12 bits per heavy atom. The van der Waals surface area contributed by atoms with Crippen LogP contribution in [-0.4, -0.2) is 20.5 Å². The highest BCUT2D eigenvalue weighted by molar-refractivity contribution is 7.95. The lowest BCUT2D eigenvalue weighted by Crippen LogP contribution is -2.24. The topological polar surface area (TPSA) is 78.2 Å². The minimum absolute atomic E-state index is 0.307. The fourth-order valence-corrected chi connectivity index (χ4v) is 2.05.